The van der Waals surface area contributed by atoms with Crippen LogP contribution >= 0.6 is 23.2 Å². The number of rotatable bonds is 2. The Morgan fingerprint density at radius 2 is 1.04 bits per heavy atom. The second-order valence-electron chi connectivity index (χ2n) is 5.58. The Morgan fingerprint density at radius 1 is 0.731 bits per heavy atom. The van der Waals surface area contributed by atoms with Crippen molar-refractivity contribution >= 4 is 29.0 Å². The lowest BCUT2D eigenvalue weighted by molar-refractivity contribution is -0.138. The third-order valence-electron chi connectivity index (χ3n) is 3.84. The first-order valence-corrected chi connectivity index (χ1v) is 7.78. The van der Waals surface area contributed by atoms with Crippen LogP contribution in [0.3, 0.4) is 0 Å². The summed E-state index contributed by atoms with van der Waals surface area (Å²) in [6.07, 6.45) is -9.55. The van der Waals surface area contributed by atoms with E-state index < -0.39 is 51.5 Å². The summed E-state index contributed by atoms with van der Waals surface area (Å²) in [5.41, 5.74) is -4.01. The van der Waals surface area contributed by atoms with Crippen LogP contribution in [0.15, 0.2) is 24.3 Å². The van der Waals surface area contributed by atoms with Gasteiger partial charge >= 0.3 is 12.4 Å². The molecule has 0 bridgehead atoms. The molecule has 0 heterocycles. The van der Waals surface area contributed by atoms with Gasteiger partial charge in [-0.15, -0.1) is 0 Å². The van der Waals surface area contributed by atoms with Gasteiger partial charge in [0.05, 0.1) is 11.1 Å². The number of alkyl halides is 6. The Hall–Kier alpha value is -1.73. The molecule has 0 aromatic heterocycles. The highest BCUT2D eigenvalue weighted by atomic mass is 35.5. The molecule has 0 fully saturated rings. The molecule has 2 rings (SSSR count). The van der Waals surface area contributed by atoms with Gasteiger partial charge in [-0.2, -0.15) is 26.3 Å². The van der Waals surface area contributed by atoms with E-state index in [0.29, 0.717) is 12.1 Å². The van der Waals surface area contributed by atoms with Crippen LogP contribution in [0.1, 0.15) is 38.2 Å². The maximum Gasteiger partial charge on any atom is 0.416 e. The molecule has 0 unspecified atom stereocenters. The average Bonchev–Trinajstić information content (AvgIpc) is 2.48. The van der Waals surface area contributed by atoms with Crippen LogP contribution < -0.4 is 0 Å². The maximum atomic E-state index is 13.1. The highest BCUT2D eigenvalue weighted by molar-refractivity contribution is 6.32. The molecule has 0 aliphatic carbocycles. The van der Waals surface area contributed by atoms with Crippen molar-refractivity contribution < 1.29 is 31.1 Å². The third-order valence-corrected chi connectivity index (χ3v) is 4.28. The van der Waals surface area contributed by atoms with Gasteiger partial charge in [0.2, 0.25) is 0 Å². The minimum absolute atomic E-state index is 0.359. The van der Waals surface area contributed by atoms with Gasteiger partial charge in [0, 0.05) is 21.2 Å². The summed E-state index contributed by atoms with van der Waals surface area (Å²) in [5, 5.41) is -0.719. The molecule has 0 spiro atoms. The fourth-order valence-electron chi connectivity index (χ4n) is 2.56. The van der Waals surface area contributed by atoms with E-state index in [4.69, 9.17) is 23.2 Å². The maximum absolute atomic E-state index is 13.1. The van der Waals surface area contributed by atoms with Crippen molar-refractivity contribution in [3.05, 3.63) is 67.7 Å². The minimum Gasteiger partial charge on any atom is -0.289 e. The number of hydrogen-bond acceptors (Lipinski definition) is 1. The molecule has 0 saturated heterocycles. The van der Waals surface area contributed by atoms with E-state index in [1.165, 1.54) is 0 Å². The van der Waals surface area contributed by atoms with Gasteiger partial charge in [0.15, 0.2) is 5.78 Å². The SMILES string of the molecule is Cc1c(C(=O)c2cc(Cl)cc(C(F)(F)F)c2C)cc(Cl)cc1C(F)(F)F. The number of hydrogen-bond donors (Lipinski definition) is 0. The van der Waals surface area contributed by atoms with Crippen molar-refractivity contribution in [3.63, 3.8) is 0 Å². The lowest BCUT2D eigenvalue weighted by atomic mass is 9.91. The second kappa shape index (κ2) is 6.78. The van der Waals surface area contributed by atoms with E-state index in [9.17, 15) is 31.1 Å². The molecule has 0 amide bonds. The van der Waals surface area contributed by atoms with E-state index in [-0.39, 0.29) is 10.0 Å². The predicted molar refractivity (Wildman–Crippen MR) is 85.8 cm³/mol. The van der Waals surface area contributed by atoms with Crippen molar-refractivity contribution in [2.45, 2.75) is 26.2 Å². The molecule has 2 aromatic rings. The van der Waals surface area contributed by atoms with Crippen LogP contribution in [0.2, 0.25) is 10.0 Å². The minimum atomic E-state index is -4.77. The Balaban J connectivity index is 2.72. The molecule has 0 saturated carbocycles. The molecule has 1 nitrogen and oxygen atoms in total. The van der Waals surface area contributed by atoms with Gasteiger partial charge in [-0.3, -0.25) is 4.79 Å². The molecular weight excluding hydrogens is 405 g/mol. The van der Waals surface area contributed by atoms with Crippen LogP contribution in [0.4, 0.5) is 26.3 Å². The molecule has 0 N–H and O–H groups in total. The first-order chi connectivity index (χ1) is 11.7. The van der Waals surface area contributed by atoms with E-state index in [2.05, 4.69) is 0 Å². The Bertz CT molecular complexity index is 813. The second-order valence-corrected chi connectivity index (χ2v) is 6.45. The summed E-state index contributed by atoms with van der Waals surface area (Å²) in [5.74, 6) is -1.03. The van der Waals surface area contributed by atoms with Crippen molar-refractivity contribution in [1.29, 1.82) is 0 Å². The molecule has 0 atom stereocenters. The fraction of sp³-hybridized carbons (Fsp3) is 0.235. The first-order valence-electron chi connectivity index (χ1n) is 7.03. The van der Waals surface area contributed by atoms with Crippen LogP contribution in [-0.4, -0.2) is 5.78 Å². The number of ketones is 1. The summed E-state index contributed by atoms with van der Waals surface area (Å²) >= 11 is 11.4. The smallest absolute Gasteiger partial charge is 0.289 e. The molecule has 0 radical (unpaired) electrons. The summed E-state index contributed by atoms with van der Waals surface area (Å²) in [4.78, 5) is 12.7. The van der Waals surface area contributed by atoms with E-state index in [1.807, 2.05) is 0 Å². The lowest BCUT2D eigenvalue weighted by Gasteiger charge is -2.17. The zero-order valence-corrected chi connectivity index (χ0v) is 14.8. The fourth-order valence-corrected chi connectivity index (χ4v) is 3.00. The van der Waals surface area contributed by atoms with Crippen LogP contribution in [0.25, 0.3) is 0 Å². The van der Waals surface area contributed by atoms with Crippen molar-refractivity contribution in [2.75, 3.05) is 0 Å². The lowest BCUT2D eigenvalue weighted by Crippen LogP contribution is -2.15. The Morgan fingerprint density at radius 3 is 1.31 bits per heavy atom. The zero-order valence-electron chi connectivity index (χ0n) is 13.2. The molecule has 26 heavy (non-hydrogen) atoms. The van der Waals surface area contributed by atoms with Crippen molar-refractivity contribution in [3.8, 4) is 0 Å². The van der Waals surface area contributed by atoms with E-state index in [1.54, 1.807) is 0 Å². The molecular formula is C17H10Cl2F6O. The summed E-state index contributed by atoms with van der Waals surface area (Å²) in [6, 6.07) is 3.28. The number of halogens is 8. The monoisotopic (exact) mass is 414 g/mol. The molecule has 0 aliphatic rings. The number of carbonyl (C=O) groups is 1. The van der Waals surface area contributed by atoms with Crippen LogP contribution in [-0.2, 0) is 12.4 Å². The highest BCUT2D eigenvalue weighted by Gasteiger charge is 2.37. The van der Waals surface area contributed by atoms with Gasteiger partial charge in [-0.05, 0) is 49.2 Å². The van der Waals surface area contributed by atoms with Gasteiger partial charge in [0.1, 0.15) is 0 Å². The summed E-state index contributed by atoms with van der Waals surface area (Å²) < 4.78 is 78.6. The van der Waals surface area contributed by atoms with Crippen LogP contribution in [0, 0.1) is 13.8 Å². The Labute approximate surface area is 154 Å². The zero-order chi connectivity index (χ0) is 20.0. The number of benzene rings is 2. The highest BCUT2D eigenvalue weighted by Crippen LogP contribution is 2.38. The molecule has 0 aliphatic heterocycles. The van der Waals surface area contributed by atoms with Crippen molar-refractivity contribution in [1.82, 2.24) is 0 Å². The largest absolute Gasteiger partial charge is 0.416 e. The van der Waals surface area contributed by atoms with E-state index in [0.717, 1.165) is 26.0 Å². The third kappa shape index (κ3) is 3.99. The standard InChI is InChI=1S/C17H10Cl2F6O/c1-7-11(3-9(18)5-13(7)16(20,21)22)15(26)12-4-10(19)6-14(8(12)2)17(23,24)25/h3-6H,1-2H3. The Kier molecular flexibility index (Phi) is 5.36. The summed E-state index contributed by atoms with van der Waals surface area (Å²) in [7, 11) is 0. The van der Waals surface area contributed by atoms with Gasteiger partial charge in [-0.25, -0.2) is 0 Å². The van der Waals surface area contributed by atoms with Crippen molar-refractivity contribution in [2.24, 2.45) is 0 Å². The van der Waals surface area contributed by atoms with Gasteiger partial charge < -0.3 is 0 Å². The quantitative estimate of drug-likeness (QED) is 0.386. The topological polar surface area (TPSA) is 17.1 Å². The van der Waals surface area contributed by atoms with Crippen LogP contribution in [0.5, 0.6) is 0 Å². The normalized spacial score (nSPS) is 12.4. The van der Waals surface area contributed by atoms with E-state index >= 15 is 0 Å². The number of carbonyl (C=O) groups excluding carboxylic acids is 1. The molecule has 2 aromatic carbocycles. The average molecular weight is 415 g/mol. The molecule has 140 valence electrons. The van der Waals surface area contributed by atoms with Gasteiger partial charge in [-0.1, -0.05) is 23.2 Å². The molecule has 9 heteroatoms. The first kappa shape index (κ1) is 20.6. The summed E-state index contributed by atoms with van der Waals surface area (Å²) in [6.45, 7) is 2.11. The van der Waals surface area contributed by atoms with Gasteiger partial charge in [0.25, 0.3) is 0 Å². The predicted octanol–water partition coefficient (Wildman–Crippen LogP) is 6.88.